The van der Waals surface area contributed by atoms with Gasteiger partial charge in [-0.3, -0.25) is 0 Å². The van der Waals surface area contributed by atoms with Gasteiger partial charge in [-0.05, 0) is 43.4 Å². The van der Waals surface area contributed by atoms with Crippen molar-refractivity contribution in [3.05, 3.63) is 41.5 Å². The Morgan fingerprint density at radius 3 is 3.04 bits per heavy atom. The molecular formula is C20H28N4O3. The van der Waals surface area contributed by atoms with Crippen molar-refractivity contribution < 1.29 is 14.1 Å². The van der Waals surface area contributed by atoms with Gasteiger partial charge >= 0.3 is 6.03 Å². The highest BCUT2D eigenvalue weighted by molar-refractivity contribution is 5.74. The summed E-state index contributed by atoms with van der Waals surface area (Å²) < 4.78 is 11.0. The molecule has 1 unspecified atom stereocenters. The molecule has 0 aliphatic carbocycles. The summed E-state index contributed by atoms with van der Waals surface area (Å²) >= 11 is 0. The summed E-state index contributed by atoms with van der Waals surface area (Å²) in [7, 11) is 0. The van der Waals surface area contributed by atoms with E-state index in [9.17, 15) is 4.79 Å². The molecule has 2 heterocycles. The van der Waals surface area contributed by atoms with Crippen LogP contribution in [0.2, 0.25) is 0 Å². The number of hydrogen-bond acceptors (Lipinski definition) is 5. The molecule has 1 fully saturated rings. The fraction of sp³-hybridized carbons (Fsp3) is 0.550. The second-order valence-electron chi connectivity index (χ2n) is 7.48. The molecule has 0 saturated carbocycles. The number of rotatable bonds is 6. The summed E-state index contributed by atoms with van der Waals surface area (Å²) in [6, 6.07) is 7.79. The molecule has 1 aliphatic rings. The highest BCUT2D eigenvalue weighted by Crippen LogP contribution is 2.25. The molecule has 1 aromatic carbocycles. The van der Waals surface area contributed by atoms with Gasteiger partial charge in [0.15, 0.2) is 5.82 Å². The van der Waals surface area contributed by atoms with Gasteiger partial charge in [0.1, 0.15) is 5.75 Å². The van der Waals surface area contributed by atoms with E-state index in [0.717, 1.165) is 30.7 Å². The summed E-state index contributed by atoms with van der Waals surface area (Å²) in [6.45, 7) is 8.53. The summed E-state index contributed by atoms with van der Waals surface area (Å²) in [5, 5.41) is 6.86. The van der Waals surface area contributed by atoms with Gasteiger partial charge in [-0.2, -0.15) is 4.98 Å². The summed E-state index contributed by atoms with van der Waals surface area (Å²) in [5.41, 5.74) is 1.02. The smallest absolute Gasteiger partial charge is 0.317 e. The van der Waals surface area contributed by atoms with Gasteiger partial charge in [0.05, 0.1) is 12.5 Å². The number of carbonyl (C=O) groups excluding carboxylic acids is 1. The van der Waals surface area contributed by atoms with Crippen molar-refractivity contribution in [3.8, 4) is 5.75 Å². The van der Waals surface area contributed by atoms with Gasteiger partial charge in [-0.15, -0.1) is 0 Å². The molecule has 1 saturated heterocycles. The van der Waals surface area contributed by atoms with Crippen LogP contribution in [-0.2, 0) is 6.54 Å². The third kappa shape index (κ3) is 5.45. The Bertz CT molecular complexity index is 759. The molecule has 2 amide bonds. The third-order valence-electron chi connectivity index (χ3n) is 4.53. The van der Waals surface area contributed by atoms with Crippen LogP contribution in [0.15, 0.2) is 28.8 Å². The van der Waals surface area contributed by atoms with Crippen molar-refractivity contribution in [1.29, 1.82) is 0 Å². The SMILES string of the molecule is Cc1noc(C2CCCN(C(=O)NCc3cccc(OCC(C)C)c3)C2)n1. The van der Waals surface area contributed by atoms with Crippen molar-refractivity contribution in [3.63, 3.8) is 0 Å². The Morgan fingerprint density at radius 1 is 1.44 bits per heavy atom. The number of piperidine rings is 1. The number of nitrogens with zero attached hydrogens (tertiary/aromatic N) is 3. The van der Waals surface area contributed by atoms with E-state index in [1.54, 1.807) is 6.92 Å². The van der Waals surface area contributed by atoms with Crippen molar-refractivity contribution in [2.24, 2.45) is 5.92 Å². The molecule has 3 rings (SSSR count). The minimum atomic E-state index is -0.0653. The normalized spacial score (nSPS) is 17.2. The van der Waals surface area contributed by atoms with Gasteiger partial charge in [0, 0.05) is 19.6 Å². The first-order valence-corrected chi connectivity index (χ1v) is 9.56. The average molecular weight is 372 g/mol. The Labute approximate surface area is 160 Å². The van der Waals surface area contributed by atoms with Crippen LogP contribution in [0.25, 0.3) is 0 Å². The summed E-state index contributed by atoms with van der Waals surface area (Å²) in [5.74, 6) is 2.67. The zero-order chi connectivity index (χ0) is 19.2. The van der Waals surface area contributed by atoms with E-state index in [-0.39, 0.29) is 11.9 Å². The largest absolute Gasteiger partial charge is 0.493 e. The number of aromatic nitrogens is 2. The lowest BCUT2D eigenvalue weighted by Gasteiger charge is -2.31. The lowest BCUT2D eigenvalue weighted by atomic mass is 9.98. The van der Waals surface area contributed by atoms with E-state index in [1.165, 1.54) is 0 Å². The number of ether oxygens (including phenoxy) is 1. The fourth-order valence-corrected chi connectivity index (χ4v) is 3.14. The van der Waals surface area contributed by atoms with Crippen molar-refractivity contribution >= 4 is 6.03 Å². The van der Waals surface area contributed by atoms with Gasteiger partial charge < -0.3 is 19.5 Å². The molecule has 7 nitrogen and oxygen atoms in total. The molecule has 1 N–H and O–H groups in total. The van der Waals surface area contributed by atoms with E-state index in [1.807, 2.05) is 29.2 Å². The molecular weight excluding hydrogens is 344 g/mol. The van der Waals surface area contributed by atoms with Crippen molar-refractivity contribution in [1.82, 2.24) is 20.4 Å². The molecule has 2 aromatic rings. The van der Waals surface area contributed by atoms with Crippen molar-refractivity contribution in [2.45, 2.75) is 46.1 Å². The molecule has 0 spiro atoms. The van der Waals surface area contributed by atoms with Gasteiger partial charge in [-0.1, -0.05) is 31.1 Å². The number of benzene rings is 1. The zero-order valence-corrected chi connectivity index (χ0v) is 16.3. The van der Waals surface area contributed by atoms with Crippen LogP contribution in [-0.4, -0.2) is 40.8 Å². The maximum absolute atomic E-state index is 12.6. The standard InChI is InChI=1S/C20H28N4O3/c1-14(2)13-26-18-8-4-6-16(10-18)11-21-20(25)24-9-5-7-17(12-24)19-22-15(3)23-27-19/h4,6,8,10,14,17H,5,7,9,11-13H2,1-3H3,(H,21,25). The first kappa shape index (κ1) is 19.2. The molecule has 0 radical (unpaired) electrons. The van der Waals surface area contributed by atoms with Crippen LogP contribution < -0.4 is 10.1 Å². The van der Waals surface area contributed by atoms with Crippen LogP contribution in [0.1, 0.15) is 49.9 Å². The highest BCUT2D eigenvalue weighted by atomic mass is 16.5. The molecule has 1 atom stereocenters. The van der Waals surface area contributed by atoms with E-state index in [4.69, 9.17) is 9.26 Å². The molecule has 27 heavy (non-hydrogen) atoms. The van der Waals surface area contributed by atoms with Crippen LogP contribution in [0.5, 0.6) is 5.75 Å². The maximum Gasteiger partial charge on any atom is 0.317 e. The monoisotopic (exact) mass is 372 g/mol. The topological polar surface area (TPSA) is 80.5 Å². The average Bonchev–Trinajstić information content (AvgIpc) is 3.11. The first-order chi connectivity index (χ1) is 13.0. The summed E-state index contributed by atoms with van der Waals surface area (Å²) in [4.78, 5) is 18.7. The number of urea groups is 1. The number of amides is 2. The number of carbonyl (C=O) groups is 1. The Hall–Kier alpha value is -2.57. The van der Waals surface area contributed by atoms with E-state index in [0.29, 0.717) is 37.3 Å². The van der Waals surface area contributed by atoms with Gasteiger partial charge in [0.2, 0.25) is 5.89 Å². The number of nitrogens with one attached hydrogen (secondary N) is 1. The zero-order valence-electron chi connectivity index (χ0n) is 16.3. The molecule has 0 bridgehead atoms. The quantitative estimate of drug-likeness (QED) is 0.839. The molecule has 1 aromatic heterocycles. The van der Waals surface area contributed by atoms with Gasteiger partial charge in [-0.25, -0.2) is 4.79 Å². The first-order valence-electron chi connectivity index (χ1n) is 9.56. The van der Waals surface area contributed by atoms with Crippen LogP contribution in [0, 0.1) is 12.8 Å². The lowest BCUT2D eigenvalue weighted by molar-refractivity contribution is 0.171. The fourth-order valence-electron chi connectivity index (χ4n) is 3.14. The second-order valence-corrected chi connectivity index (χ2v) is 7.48. The highest BCUT2D eigenvalue weighted by Gasteiger charge is 2.28. The van der Waals surface area contributed by atoms with Crippen LogP contribution >= 0.6 is 0 Å². The minimum Gasteiger partial charge on any atom is -0.493 e. The predicted molar refractivity (Wildman–Crippen MR) is 102 cm³/mol. The Kier molecular flexibility index (Phi) is 6.32. The maximum atomic E-state index is 12.6. The predicted octanol–water partition coefficient (Wildman–Crippen LogP) is 3.50. The van der Waals surface area contributed by atoms with Gasteiger partial charge in [0.25, 0.3) is 0 Å². The lowest BCUT2D eigenvalue weighted by Crippen LogP contribution is -2.44. The molecule has 7 heteroatoms. The number of likely N-dealkylation sites (tertiary alicyclic amines) is 1. The third-order valence-corrected chi connectivity index (χ3v) is 4.53. The van der Waals surface area contributed by atoms with Crippen LogP contribution in [0.3, 0.4) is 0 Å². The summed E-state index contributed by atoms with van der Waals surface area (Å²) in [6.07, 6.45) is 1.89. The minimum absolute atomic E-state index is 0.0653. The molecule has 146 valence electrons. The van der Waals surface area contributed by atoms with Crippen molar-refractivity contribution in [2.75, 3.05) is 19.7 Å². The van der Waals surface area contributed by atoms with E-state index < -0.39 is 0 Å². The molecule has 1 aliphatic heterocycles. The number of hydrogen-bond donors (Lipinski definition) is 1. The Balaban J connectivity index is 1.52. The Morgan fingerprint density at radius 2 is 2.30 bits per heavy atom. The second kappa shape index (κ2) is 8.88. The number of aryl methyl sites for hydroxylation is 1. The van der Waals surface area contributed by atoms with Crippen LogP contribution in [0.4, 0.5) is 4.79 Å². The van der Waals surface area contributed by atoms with E-state index >= 15 is 0 Å². The van der Waals surface area contributed by atoms with E-state index in [2.05, 4.69) is 29.3 Å².